The molecular weight excluding hydrogens is 470 g/mol. The van der Waals surface area contributed by atoms with Crippen LogP contribution >= 0.6 is 0 Å². The highest BCUT2D eigenvalue weighted by atomic mass is 16.5. The van der Waals surface area contributed by atoms with Crippen LogP contribution in [0.25, 0.3) is 0 Å². The van der Waals surface area contributed by atoms with Crippen molar-refractivity contribution in [1.29, 1.82) is 5.41 Å². The summed E-state index contributed by atoms with van der Waals surface area (Å²) in [4.78, 5) is 1.86. The maximum absolute atomic E-state index is 8.90. The Hall–Kier alpha value is -5.03. The first-order chi connectivity index (χ1) is 18.7. The third-order valence-corrected chi connectivity index (χ3v) is 5.95. The number of para-hydroxylation sites is 1. The molecule has 5 heteroatoms. The maximum atomic E-state index is 8.90. The Balaban J connectivity index is 1.33. The molecule has 0 atom stereocenters. The molecule has 0 amide bonds. The molecule has 0 unspecified atom stereocenters. The summed E-state index contributed by atoms with van der Waals surface area (Å²) in [6, 6.07) is 45.4. The number of hydrogen-bond acceptors (Lipinski definition) is 3. The van der Waals surface area contributed by atoms with E-state index in [0.29, 0.717) is 13.2 Å². The van der Waals surface area contributed by atoms with E-state index < -0.39 is 0 Å². The fourth-order valence-corrected chi connectivity index (χ4v) is 3.99. The summed E-state index contributed by atoms with van der Waals surface area (Å²) < 4.78 is 11.9. The van der Waals surface area contributed by atoms with Crippen LogP contribution in [0.3, 0.4) is 0 Å². The molecule has 0 aliphatic heterocycles. The van der Waals surface area contributed by atoms with Crippen molar-refractivity contribution in [2.24, 2.45) is 0 Å². The van der Waals surface area contributed by atoms with Crippen LogP contribution in [0.1, 0.15) is 11.1 Å². The second-order valence-electron chi connectivity index (χ2n) is 8.71. The van der Waals surface area contributed by atoms with Crippen molar-refractivity contribution in [2.45, 2.75) is 13.2 Å². The topological polar surface area (TPSA) is 57.6 Å². The van der Waals surface area contributed by atoms with Crippen molar-refractivity contribution in [2.75, 3.05) is 10.2 Å². The first-order valence-electron chi connectivity index (χ1n) is 12.5. The molecule has 5 rings (SSSR count). The van der Waals surface area contributed by atoms with Gasteiger partial charge in [0, 0.05) is 17.1 Å². The number of nitrogens with one attached hydrogen (secondary N) is 2. The third-order valence-electron chi connectivity index (χ3n) is 5.95. The summed E-state index contributed by atoms with van der Waals surface area (Å²) in [6.45, 7) is 0.999. The molecule has 0 aromatic heterocycles. The van der Waals surface area contributed by atoms with Gasteiger partial charge in [0.1, 0.15) is 24.7 Å². The molecule has 0 saturated heterocycles. The summed E-state index contributed by atoms with van der Waals surface area (Å²) in [5, 5.41) is 12.1. The summed E-state index contributed by atoms with van der Waals surface area (Å²) in [6.07, 6.45) is 0. The molecule has 5 aromatic rings. The number of ether oxygens (including phenoxy) is 2. The lowest BCUT2D eigenvalue weighted by molar-refractivity contribution is 0.306. The van der Waals surface area contributed by atoms with Gasteiger partial charge >= 0.3 is 0 Å². The SMILES string of the molecule is N=C(Nc1ccccc1)N(c1ccc(OCc2ccccc2)cc1)c1ccc(OCc2ccccc2)cc1. The van der Waals surface area contributed by atoms with Crippen molar-refractivity contribution in [1.82, 2.24) is 0 Å². The van der Waals surface area contributed by atoms with Crippen LogP contribution in [0.5, 0.6) is 11.5 Å². The van der Waals surface area contributed by atoms with Crippen molar-refractivity contribution < 1.29 is 9.47 Å². The fourth-order valence-electron chi connectivity index (χ4n) is 3.99. The fraction of sp³-hybridized carbons (Fsp3) is 0.0606. The van der Waals surface area contributed by atoms with Gasteiger partial charge in [0.15, 0.2) is 0 Å². The molecule has 0 heterocycles. The second-order valence-corrected chi connectivity index (χ2v) is 8.71. The minimum Gasteiger partial charge on any atom is -0.489 e. The van der Waals surface area contributed by atoms with Crippen LogP contribution in [0.2, 0.25) is 0 Å². The average Bonchev–Trinajstić information content (AvgIpc) is 2.98. The Labute approximate surface area is 223 Å². The van der Waals surface area contributed by atoms with E-state index in [0.717, 1.165) is 39.7 Å². The summed E-state index contributed by atoms with van der Waals surface area (Å²) >= 11 is 0. The predicted octanol–water partition coefficient (Wildman–Crippen LogP) is 8.03. The molecule has 38 heavy (non-hydrogen) atoms. The Morgan fingerprint density at radius 3 is 1.34 bits per heavy atom. The smallest absolute Gasteiger partial charge is 0.204 e. The summed E-state index contributed by atoms with van der Waals surface area (Å²) in [5.41, 5.74) is 4.74. The van der Waals surface area contributed by atoms with Crippen LogP contribution in [0, 0.1) is 5.41 Å². The highest BCUT2D eigenvalue weighted by Gasteiger charge is 2.16. The van der Waals surface area contributed by atoms with Crippen molar-refractivity contribution in [3.05, 3.63) is 151 Å². The van der Waals surface area contributed by atoms with Crippen LogP contribution in [0.15, 0.2) is 140 Å². The number of rotatable bonds is 9. The molecule has 5 nitrogen and oxygen atoms in total. The van der Waals surface area contributed by atoms with Crippen LogP contribution in [-0.2, 0) is 13.2 Å². The van der Waals surface area contributed by atoms with E-state index in [-0.39, 0.29) is 5.96 Å². The van der Waals surface area contributed by atoms with Gasteiger partial charge in [-0.05, 0) is 71.8 Å². The molecule has 0 saturated carbocycles. The molecule has 0 fully saturated rings. The van der Waals surface area contributed by atoms with Crippen LogP contribution < -0.4 is 19.7 Å². The predicted molar refractivity (Wildman–Crippen MR) is 154 cm³/mol. The second kappa shape index (κ2) is 12.3. The lowest BCUT2D eigenvalue weighted by atomic mass is 10.2. The molecule has 0 bridgehead atoms. The van der Waals surface area contributed by atoms with Crippen molar-refractivity contribution >= 4 is 23.0 Å². The molecule has 0 aliphatic rings. The lowest BCUT2D eigenvalue weighted by Gasteiger charge is -2.26. The minimum absolute atomic E-state index is 0.229. The number of benzene rings is 5. The van der Waals surface area contributed by atoms with Crippen LogP contribution in [0.4, 0.5) is 17.1 Å². The van der Waals surface area contributed by atoms with E-state index in [4.69, 9.17) is 14.9 Å². The number of guanidine groups is 1. The zero-order valence-corrected chi connectivity index (χ0v) is 21.0. The quantitative estimate of drug-likeness (QED) is 0.159. The lowest BCUT2D eigenvalue weighted by Crippen LogP contribution is -2.31. The van der Waals surface area contributed by atoms with Gasteiger partial charge in [0.05, 0.1) is 0 Å². The average molecular weight is 500 g/mol. The van der Waals surface area contributed by atoms with Gasteiger partial charge in [-0.15, -0.1) is 0 Å². The monoisotopic (exact) mass is 499 g/mol. The molecular formula is C33H29N3O2. The Morgan fingerprint density at radius 2 is 0.921 bits per heavy atom. The molecule has 2 N–H and O–H groups in total. The molecule has 0 radical (unpaired) electrons. The Bertz CT molecular complexity index is 1340. The molecule has 0 spiro atoms. The highest BCUT2D eigenvalue weighted by molar-refractivity contribution is 6.08. The Morgan fingerprint density at radius 1 is 0.526 bits per heavy atom. The minimum atomic E-state index is 0.229. The van der Waals surface area contributed by atoms with Gasteiger partial charge in [-0.3, -0.25) is 10.3 Å². The van der Waals surface area contributed by atoms with E-state index in [2.05, 4.69) is 5.32 Å². The van der Waals surface area contributed by atoms with Gasteiger partial charge in [-0.25, -0.2) is 0 Å². The van der Waals surface area contributed by atoms with Gasteiger partial charge in [-0.1, -0.05) is 78.9 Å². The summed E-state index contributed by atoms with van der Waals surface area (Å²) in [7, 11) is 0. The van der Waals surface area contributed by atoms with Crippen molar-refractivity contribution in [3.8, 4) is 11.5 Å². The third kappa shape index (κ3) is 6.59. The zero-order valence-electron chi connectivity index (χ0n) is 21.0. The number of nitrogens with zero attached hydrogens (tertiary/aromatic N) is 1. The van der Waals surface area contributed by atoms with Gasteiger partial charge in [0.25, 0.3) is 0 Å². The molecule has 0 aliphatic carbocycles. The van der Waals surface area contributed by atoms with Gasteiger partial charge < -0.3 is 14.8 Å². The number of anilines is 3. The maximum Gasteiger partial charge on any atom is 0.204 e. The van der Waals surface area contributed by atoms with Gasteiger partial charge in [-0.2, -0.15) is 0 Å². The summed E-state index contributed by atoms with van der Waals surface area (Å²) in [5.74, 6) is 1.77. The normalized spacial score (nSPS) is 10.4. The van der Waals surface area contributed by atoms with E-state index in [1.165, 1.54) is 0 Å². The number of hydrogen-bond donors (Lipinski definition) is 2. The van der Waals surface area contributed by atoms with E-state index in [1.54, 1.807) is 0 Å². The Kier molecular flexibility index (Phi) is 7.97. The van der Waals surface area contributed by atoms with E-state index in [1.807, 2.05) is 144 Å². The highest BCUT2D eigenvalue weighted by Crippen LogP contribution is 2.30. The first-order valence-corrected chi connectivity index (χ1v) is 12.5. The van der Waals surface area contributed by atoms with Crippen molar-refractivity contribution in [3.63, 3.8) is 0 Å². The van der Waals surface area contributed by atoms with E-state index in [9.17, 15) is 0 Å². The molecule has 188 valence electrons. The molecule has 5 aromatic carbocycles. The van der Waals surface area contributed by atoms with Crippen LogP contribution in [-0.4, -0.2) is 5.96 Å². The first kappa shape index (κ1) is 24.7. The standard InChI is InChI=1S/C33H29N3O2/c34-33(35-28-14-8-3-9-15-28)36(29-16-20-31(21-17-29)37-24-26-10-4-1-5-11-26)30-18-22-32(23-19-30)38-25-27-12-6-2-7-13-27/h1-23H,24-25H2,(H2,34,35). The largest absolute Gasteiger partial charge is 0.489 e. The van der Waals surface area contributed by atoms with Gasteiger partial charge in [0.2, 0.25) is 5.96 Å². The zero-order chi connectivity index (χ0) is 26.0. The van der Waals surface area contributed by atoms with E-state index >= 15 is 0 Å².